The van der Waals surface area contributed by atoms with Crippen molar-refractivity contribution in [2.75, 3.05) is 56.5 Å². The highest BCUT2D eigenvalue weighted by Crippen LogP contribution is 2.15. The molecule has 27 heavy (non-hydrogen) atoms. The summed E-state index contributed by atoms with van der Waals surface area (Å²) in [6.45, 7) is 10.3. The van der Waals surface area contributed by atoms with Crippen LogP contribution >= 0.6 is 0 Å². The Morgan fingerprint density at radius 1 is 1.15 bits per heavy atom. The molecule has 2 aliphatic rings. The maximum Gasteiger partial charge on any atom is 0.317 e. The molecule has 1 aromatic carbocycles. The Labute approximate surface area is 165 Å². The molecule has 2 amide bonds. The summed E-state index contributed by atoms with van der Waals surface area (Å²) in [4.78, 5) is 19.2. The lowest BCUT2D eigenvalue weighted by molar-refractivity contribution is 0.188. The quantitative estimate of drug-likeness (QED) is 0.848. The number of amides is 2. The van der Waals surface area contributed by atoms with E-state index in [0.29, 0.717) is 18.8 Å². The molecule has 2 saturated heterocycles. The zero-order valence-electron chi connectivity index (χ0n) is 16.5. The van der Waals surface area contributed by atoms with Crippen LogP contribution in [-0.4, -0.2) is 82.9 Å². The minimum absolute atomic E-state index is 0.0171. The van der Waals surface area contributed by atoms with Crippen LogP contribution in [0.5, 0.6) is 0 Å². The molecule has 3 rings (SSSR count). The van der Waals surface area contributed by atoms with Crippen LogP contribution in [0.1, 0.15) is 20.3 Å². The first kappa shape index (κ1) is 20.1. The first-order valence-corrected chi connectivity index (χ1v) is 11.4. The smallest absolute Gasteiger partial charge is 0.317 e. The Balaban J connectivity index is 1.41. The number of nitrogens with one attached hydrogen (secondary N) is 1. The van der Waals surface area contributed by atoms with Crippen LogP contribution in [0.2, 0.25) is 0 Å². The van der Waals surface area contributed by atoms with Crippen molar-refractivity contribution in [1.82, 2.24) is 15.1 Å². The summed E-state index contributed by atoms with van der Waals surface area (Å²) in [5.74, 6) is 0.588. The Hall–Kier alpha value is -1.60. The Morgan fingerprint density at radius 2 is 1.85 bits per heavy atom. The molecule has 1 N–H and O–H groups in total. The van der Waals surface area contributed by atoms with Crippen LogP contribution in [-0.2, 0) is 10.8 Å². The second kappa shape index (κ2) is 9.55. The average molecular weight is 393 g/mol. The van der Waals surface area contributed by atoms with Gasteiger partial charge in [-0.1, -0.05) is 25.1 Å². The zero-order valence-corrected chi connectivity index (χ0v) is 17.3. The highest BCUT2D eigenvalue weighted by atomic mass is 32.2. The van der Waals surface area contributed by atoms with Crippen LogP contribution in [0, 0.1) is 0 Å². The van der Waals surface area contributed by atoms with E-state index in [9.17, 15) is 9.00 Å². The minimum Gasteiger partial charge on any atom is -0.369 e. The van der Waals surface area contributed by atoms with Crippen molar-refractivity contribution >= 4 is 22.5 Å². The van der Waals surface area contributed by atoms with Gasteiger partial charge < -0.3 is 15.1 Å². The molecule has 0 saturated carbocycles. The van der Waals surface area contributed by atoms with E-state index in [1.54, 1.807) is 0 Å². The van der Waals surface area contributed by atoms with Gasteiger partial charge in [-0.05, 0) is 25.5 Å². The van der Waals surface area contributed by atoms with E-state index in [1.807, 2.05) is 17.9 Å². The third kappa shape index (κ3) is 5.69. The number of nitrogens with zero attached hydrogens (tertiary/aromatic N) is 3. The van der Waals surface area contributed by atoms with Crippen LogP contribution in [0.4, 0.5) is 10.5 Å². The van der Waals surface area contributed by atoms with Gasteiger partial charge in [0.2, 0.25) is 0 Å². The second-order valence-electron chi connectivity index (χ2n) is 7.64. The summed E-state index contributed by atoms with van der Waals surface area (Å²) < 4.78 is 11.9. The second-order valence-corrected chi connectivity index (χ2v) is 9.62. The number of para-hydroxylation sites is 1. The number of hydrogen-bond acceptors (Lipinski definition) is 4. The summed E-state index contributed by atoms with van der Waals surface area (Å²) in [6, 6.07) is 10.6. The molecular weight excluding hydrogens is 360 g/mol. The van der Waals surface area contributed by atoms with E-state index < -0.39 is 10.8 Å². The maximum absolute atomic E-state index is 12.5. The van der Waals surface area contributed by atoms with E-state index in [4.69, 9.17) is 0 Å². The molecule has 2 aliphatic heterocycles. The third-order valence-electron chi connectivity index (χ3n) is 5.50. The molecule has 0 bridgehead atoms. The number of carbonyl (C=O) groups excluding carboxylic acids is 1. The van der Waals surface area contributed by atoms with Crippen molar-refractivity contribution in [3.63, 3.8) is 0 Å². The van der Waals surface area contributed by atoms with Crippen molar-refractivity contribution < 1.29 is 9.00 Å². The monoisotopic (exact) mass is 392 g/mol. The summed E-state index contributed by atoms with van der Waals surface area (Å²) >= 11 is 0. The standard InChI is InChI=1S/C20H32N4O2S/c1-17(21-20(25)24-9-8-18(2)27(26)15-14-24)16-22-10-12-23(13-11-22)19-6-4-3-5-7-19/h3-7,17-18H,8-16H2,1-2H3,(H,21,25). The topological polar surface area (TPSA) is 55.9 Å². The van der Waals surface area contributed by atoms with Crippen molar-refractivity contribution in [1.29, 1.82) is 0 Å². The van der Waals surface area contributed by atoms with Crippen molar-refractivity contribution in [2.24, 2.45) is 0 Å². The number of rotatable bonds is 4. The minimum atomic E-state index is -0.812. The van der Waals surface area contributed by atoms with E-state index in [1.165, 1.54) is 5.69 Å². The first-order chi connectivity index (χ1) is 13.0. The zero-order chi connectivity index (χ0) is 19.2. The molecular formula is C20H32N4O2S. The van der Waals surface area contributed by atoms with E-state index in [-0.39, 0.29) is 17.3 Å². The van der Waals surface area contributed by atoms with Crippen molar-refractivity contribution in [3.05, 3.63) is 30.3 Å². The fraction of sp³-hybridized carbons (Fsp3) is 0.650. The van der Waals surface area contributed by atoms with Gasteiger partial charge in [0.05, 0.1) is 0 Å². The Kier molecular flexibility index (Phi) is 7.13. The van der Waals surface area contributed by atoms with Gasteiger partial charge in [0.15, 0.2) is 0 Å². The Morgan fingerprint density at radius 3 is 2.56 bits per heavy atom. The lowest BCUT2D eigenvalue weighted by Crippen LogP contribution is -2.52. The number of anilines is 1. The molecule has 3 unspecified atom stereocenters. The van der Waals surface area contributed by atoms with Gasteiger partial charge >= 0.3 is 6.03 Å². The average Bonchev–Trinajstić information content (AvgIpc) is 2.84. The SMILES string of the molecule is CC(CN1CCN(c2ccccc2)CC1)NC(=O)N1CCC(C)S(=O)CC1. The van der Waals surface area contributed by atoms with Gasteiger partial charge in [0.25, 0.3) is 0 Å². The predicted octanol–water partition coefficient (Wildman–Crippen LogP) is 1.75. The molecule has 0 aromatic heterocycles. The fourth-order valence-corrected chi connectivity index (χ4v) is 4.92. The molecule has 1 aromatic rings. The van der Waals surface area contributed by atoms with Crippen molar-refractivity contribution in [3.8, 4) is 0 Å². The molecule has 0 radical (unpaired) electrons. The maximum atomic E-state index is 12.5. The fourth-order valence-electron chi connectivity index (χ4n) is 3.75. The molecule has 0 aliphatic carbocycles. The molecule has 150 valence electrons. The van der Waals surface area contributed by atoms with Gasteiger partial charge in [-0.3, -0.25) is 9.11 Å². The van der Waals surface area contributed by atoms with E-state index in [0.717, 1.165) is 39.1 Å². The van der Waals surface area contributed by atoms with Crippen LogP contribution in [0.3, 0.4) is 0 Å². The van der Waals surface area contributed by atoms with Crippen LogP contribution in [0.25, 0.3) is 0 Å². The Bertz CT molecular complexity index is 634. The number of hydrogen-bond donors (Lipinski definition) is 1. The summed E-state index contributed by atoms with van der Waals surface area (Å²) in [5, 5.41) is 3.31. The summed E-state index contributed by atoms with van der Waals surface area (Å²) in [5.41, 5.74) is 1.28. The number of benzene rings is 1. The lowest BCUT2D eigenvalue weighted by atomic mass is 10.2. The lowest BCUT2D eigenvalue weighted by Gasteiger charge is -2.37. The summed E-state index contributed by atoms with van der Waals surface area (Å²) in [7, 11) is -0.812. The van der Waals surface area contributed by atoms with E-state index >= 15 is 0 Å². The highest BCUT2D eigenvalue weighted by Gasteiger charge is 2.24. The molecule has 3 atom stereocenters. The molecule has 7 heteroatoms. The first-order valence-electron chi connectivity index (χ1n) is 9.98. The highest BCUT2D eigenvalue weighted by molar-refractivity contribution is 7.85. The van der Waals surface area contributed by atoms with Gasteiger partial charge in [-0.25, -0.2) is 4.79 Å². The molecule has 2 heterocycles. The number of piperazine rings is 1. The van der Waals surface area contributed by atoms with Crippen LogP contribution < -0.4 is 10.2 Å². The molecule has 6 nitrogen and oxygen atoms in total. The van der Waals surface area contributed by atoms with Gasteiger partial charge in [-0.15, -0.1) is 0 Å². The van der Waals surface area contributed by atoms with E-state index in [2.05, 4.69) is 46.3 Å². The van der Waals surface area contributed by atoms with Crippen molar-refractivity contribution in [2.45, 2.75) is 31.6 Å². The molecule has 2 fully saturated rings. The predicted molar refractivity (Wildman–Crippen MR) is 112 cm³/mol. The number of urea groups is 1. The normalized spacial score (nSPS) is 25.7. The third-order valence-corrected chi connectivity index (χ3v) is 7.22. The largest absolute Gasteiger partial charge is 0.369 e. The van der Waals surface area contributed by atoms with Gasteiger partial charge in [0, 0.05) is 79.3 Å². The van der Waals surface area contributed by atoms with Gasteiger partial charge in [0.1, 0.15) is 0 Å². The summed E-state index contributed by atoms with van der Waals surface area (Å²) in [6.07, 6.45) is 0.815. The molecule has 0 spiro atoms. The number of carbonyl (C=O) groups is 1. The van der Waals surface area contributed by atoms with Crippen LogP contribution in [0.15, 0.2) is 30.3 Å². The van der Waals surface area contributed by atoms with Gasteiger partial charge in [-0.2, -0.15) is 0 Å².